The molecule has 1 unspecified atom stereocenters. The summed E-state index contributed by atoms with van der Waals surface area (Å²) in [5.74, 6) is 0. The van der Waals surface area contributed by atoms with Gasteiger partial charge in [0.15, 0.2) is 0 Å². The normalized spacial score (nSPS) is 14.7. The summed E-state index contributed by atoms with van der Waals surface area (Å²) in [6.45, 7) is 0. The third-order valence-electron chi connectivity index (χ3n) is 15.8. The number of hydrogen-bond donors (Lipinski definition) is 0. The lowest BCUT2D eigenvalue weighted by Gasteiger charge is -2.32. The van der Waals surface area contributed by atoms with Crippen molar-refractivity contribution in [1.82, 2.24) is 9.13 Å². The molecule has 2 heteroatoms. The first-order valence-corrected chi connectivity index (χ1v) is 24.1. The van der Waals surface area contributed by atoms with Gasteiger partial charge in [-0.1, -0.05) is 200 Å². The summed E-state index contributed by atoms with van der Waals surface area (Å²) in [7, 11) is 0. The van der Waals surface area contributed by atoms with E-state index in [4.69, 9.17) is 0 Å². The molecule has 0 N–H and O–H groups in total. The average molecular weight is 873 g/mol. The minimum Gasteiger partial charge on any atom is -0.309 e. The van der Waals surface area contributed by atoms with Crippen LogP contribution in [0.1, 0.15) is 22.3 Å². The van der Waals surface area contributed by atoms with Crippen LogP contribution in [-0.4, -0.2) is 9.13 Å². The lowest BCUT2D eigenvalue weighted by molar-refractivity contribution is 0.800. The largest absolute Gasteiger partial charge is 0.309 e. The Morgan fingerprint density at radius 1 is 0.290 bits per heavy atom. The van der Waals surface area contributed by atoms with E-state index in [-0.39, 0.29) is 0 Å². The molecule has 0 radical (unpaired) electrons. The van der Waals surface area contributed by atoms with E-state index in [9.17, 15) is 0 Å². The molecule has 2 heterocycles. The fourth-order valence-electron chi connectivity index (χ4n) is 13.3. The van der Waals surface area contributed by atoms with Crippen molar-refractivity contribution in [3.63, 3.8) is 0 Å². The van der Waals surface area contributed by atoms with Crippen molar-refractivity contribution in [3.8, 4) is 44.8 Å². The van der Waals surface area contributed by atoms with Gasteiger partial charge in [0.25, 0.3) is 0 Å². The first-order valence-electron chi connectivity index (χ1n) is 24.1. The monoisotopic (exact) mass is 872 g/mol. The maximum atomic E-state index is 2.60. The van der Waals surface area contributed by atoms with Crippen LogP contribution in [0.4, 0.5) is 0 Å². The van der Waals surface area contributed by atoms with Crippen molar-refractivity contribution >= 4 is 75.9 Å². The summed E-state index contributed by atoms with van der Waals surface area (Å²) in [5, 5.41) is 12.5. The van der Waals surface area contributed by atoms with Crippen molar-refractivity contribution in [2.75, 3.05) is 0 Å². The van der Waals surface area contributed by atoms with E-state index in [2.05, 4.69) is 252 Å². The fraction of sp³-hybridized carbons (Fsp3) is 0.0149. The van der Waals surface area contributed by atoms with Crippen LogP contribution < -0.4 is 0 Å². The first-order chi connectivity index (χ1) is 34.3. The Kier molecular flexibility index (Phi) is 7.30. The maximum absolute atomic E-state index is 2.60. The van der Waals surface area contributed by atoms with Gasteiger partial charge in [0.05, 0.1) is 33.2 Å². The van der Waals surface area contributed by atoms with Gasteiger partial charge >= 0.3 is 0 Å². The molecule has 318 valence electrons. The second kappa shape index (κ2) is 13.6. The number of benzene rings is 12. The minimum absolute atomic E-state index is 0.677. The highest BCUT2D eigenvalue weighted by Gasteiger charge is 2.54. The molecule has 0 amide bonds. The Balaban J connectivity index is 1.11. The van der Waals surface area contributed by atoms with Crippen LogP contribution in [0, 0.1) is 0 Å². The highest BCUT2D eigenvalue weighted by Crippen LogP contribution is 2.66. The van der Waals surface area contributed by atoms with Gasteiger partial charge < -0.3 is 9.13 Å². The zero-order chi connectivity index (χ0) is 45.0. The SMILES string of the molecule is c1ccc(-n2c3ccc(-c4c5ccccc5cc5ccccc45)cc3c3ccc4c(c32)C2(c3ccccc3-4)c3ccccc3-c3ccc4c5ccccc5n(-c5cccc6ccccc56)c4c32)cc1. The van der Waals surface area contributed by atoms with Crippen LogP contribution in [0.2, 0.25) is 0 Å². The van der Waals surface area contributed by atoms with Crippen molar-refractivity contribution in [2.24, 2.45) is 0 Å². The van der Waals surface area contributed by atoms with Crippen LogP contribution in [-0.2, 0) is 5.41 Å². The van der Waals surface area contributed by atoms with E-state index < -0.39 is 5.41 Å². The number of rotatable bonds is 3. The molecule has 0 saturated heterocycles. The van der Waals surface area contributed by atoms with Gasteiger partial charge in [-0.2, -0.15) is 0 Å². The lowest BCUT2D eigenvalue weighted by Crippen LogP contribution is -2.27. The molecule has 0 saturated carbocycles. The molecular weight excluding hydrogens is 833 g/mol. The number of fused-ring (bicyclic) bond motifs is 21. The topological polar surface area (TPSA) is 9.86 Å². The number of aromatic nitrogens is 2. The van der Waals surface area contributed by atoms with Crippen molar-refractivity contribution in [3.05, 3.63) is 265 Å². The summed E-state index contributed by atoms with van der Waals surface area (Å²) >= 11 is 0. The smallest absolute Gasteiger partial charge is 0.0767 e. The van der Waals surface area contributed by atoms with Crippen molar-refractivity contribution in [2.45, 2.75) is 5.41 Å². The maximum Gasteiger partial charge on any atom is 0.0767 e. The molecule has 16 rings (SSSR count). The second-order valence-corrected chi connectivity index (χ2v) is 19.1. The fourth-order valence-corrected chi connectivity index (χ4v) is 13.3. The Hall–Kier alpha value is -8.98. The Morgan fingerprint density at radius 3 is 1.51 bits per heavy atom. The highest BCUT2D eigenvalue weighted by atomic mass is 15.0. The Labute approximate surface area is 398 Å². The van der Waals surface area contributed by atoms with Crippen LogP contribution in [0.3, 0.4) is 0 Å². The quantitative estimate of drug-likeness (QED) is 0.157. The summed E-state index contributed by atoms with van der Waals surface area (Å²) in [6.07, 6.45) is 0. The molecule has 12 aromatic carbocycles. The van der Waals surface area contributed by atoms with E-state index in [0.717, 1.165) is 5.69 Å². The van der Waals surface area contributed by atoms with E-state index >= 15 is 0 Å². The summed E-state index contributed by atoms with van der Waals surface area (Å²) < 4.78 is 5.19. The Bertz CT molecular complexity index is 4470. The van der Waals surface area contributed by atoms with Crippen LogP contribution in [0.5, 0.6) is 0 Å². The standard InChI is InChI=1S/C67H40N2/c1-2-21-45(22-3-1)68-61-38-33-44(62-47-24-8-5-18-42(47)39-43-19-6-9-25-48(43)62)40-56(61)55-37-35-52-49-26-10-13-29-57(49)67(63(52)65(55)68)58-30-14-11-27-50(58)53-34-36-54-51-28-12-15-31-60(51)69(66(54)64(53)67)59-32-16-20-41-17-4-7-23-46(41)59/h1-40H. The van der Waals surface area contributed by atoms with Gasteiger partial charge in [-0.25, -0.2) is 0 Å². The molecule has 14 aromatic rings. The summed E-state index contributed by atoms with van der Waals surface area (Å²) in [6, 6.07) is 91.3. The molecule has 0 fully saturated rings. The third kappa shape index (κ3) is 4.70. The van der Waals surface area contributed by atoms with Gasteiger partial charge in [0, 0.05) is 43.7 Å². The average Bonchev–Trinajstić information content (AvgIpc) is 4.12. The molecule has 2 aliphatic rings. The van der Waals surface area contributed by atoms with Crippen LogP contribution >= 0.6 is 0 Å². The van der Waals surface area contributed by atoms with E-state index in [1.807, 2.05) is 0 Å². The van der Waals surface area contributed by atoms with Gasteiger partial charge in [0.2, 0.25) is 0 Å². The van der Waals surface area contributed by atoms with E-state index in [0.29, 0.717) is 0 Å². The summed E-state index contributed by atoms with van der Waals surface area (Å²) in [4.78, 5) is 0. The van der Waals surface area contributed by atoms with E-state index in [1.165, 1.54) is 137 Å². The first kappa shape index (κ1) is 37.1. The predicted molar refractivity (Wildman–Crippen MR) is 289 cm³/mol. The van der Waals surface area contributed by atoms with Crippen LogP contribution in [0.25, 0.3) is 121 Å². The molecule has 0 bridgehead atoms. The number of hydrogen-bond acceptors (Lipinski definition) is 0. The van der Waals surface area contributed by atoms with E-state index in [1.54, 1.807) is 0 Å². The zero-order valence-corrected chi connectivity index (χ0v) is 37.5. The molecule has 2 nitrogen and oxygen atoms in total. The lowest BCUT2D eigenvalue weighted by atomic mass is 9.69. The molecular formula is C67H40N2. The molecule has 2 aliphatic carbocycles. The van der Waals surface area contributed by atoms with Gasteiger partial charge in [-0.3, -0.25) is 0 Å². The highest BCUT2D eigenvalue weighted by molar-refractivity contribution is 6.20. The third-order valence-corrected chi connectivity index (χ3v) is 15.8. The minimum atomic E-state index is -0.677. The van der Waals surface area contributed by atoms with Crippen molar-refractivity contribution < 1.29 is 0 Å². The predicted octanol–water partition coefficient (Wildman–Crippen LogP) is 17.4. The van der Waals surface area contributed by atoms with Crippen LogP contribution in [0.15, 0.2) is 243 Å². The summed E-state index contributed by atoms with van der Waals surface area (Å²) in [5.41, 5.74) is 19.5. The van der Waals surface area contributed by atoms with Crippen molar-refractivity contribution in [1.29, 1.82) is 0 Å². The molecule has 1 spiro atoms. The Morgan fingerprint density at radius 2 is 0.812 bits per heavy atom. The number of nitrogens with zero attached hydrogens (tertiary/aromatic N) is 2. The van der Waals surface area contributed by atoms with Gasteiger partial charge in [-0.15, -0.1) is 0 Å². The molecule has 1 atom stereocenters. The zero-order valence-electron chi connectivity index (χ0n) is 37.5. The molecule has 0 aliphatic heterocycles. The molecule has 2 aromatic heterocycles. The van der Waals surface area contributed by atoms with Gasteiger partial charge in [0.1, 0.15) is 0 Å². The number of para-hydroxylation sites is 2. The second-order valence-electron chi connectivity index (χ2n) is 19.1. The molecule has 69 heavy (non-hydrogen) atoms. The van der Waals surface area contributed by atoms with Gasteiger partial charge in [-0.05, 0) is 114 Å².